The average Bonchev–Trinajstić information content (AvgIpc) is 2.24. The summed E-state index contributed by atoms with van der Waals surface area (Å²) in [5.41, 5.74) is 0.923. The predicted octanol–water partition coefficient (Wildman–Crippen LogP) is 2.42. The Morgan fingerprint density at radius 1 is 1.25 bits per heavy atom. The number of halogens is 3. The van der Waals surface area contributed by atoms with Gasteiger partial charge in [-0.15, -0.1) is 0 Å². The van der Waals surface area contributed by atoms with E-state index in [2.05, 4.69) is 5.32 Å². The number of ketones is 1. The Morgan fingerprint density at radius 2 is 1.88 bits per heavy atom. The van der Waals surface area contributed by atoms with Crippen LogP contribution in [0.15, 0.2) is 42.6 Å². The highest BCUT2D eigenvalue weighted by atomic mass is 19.4. The molecule has 0 fully saturated rings. The summed E-state index contributed by atoms with van der Waals surface area (Å²) in [4.78, 5) is 10.4. The van der Waals surface area contributed by atoms with Gasteiger partial charge in [-0.2, -0.15) is 13.2 Å². The molecule has 1 rings (SSSR count). The molecule has 0 saturated carbocycles. The minimum Gasteiger partial charge on any atom is -0.387 e. The number of benzene rings is 1. The number of alkyl halides is 3. The van der Waals surface area contributed by atoms with Crippen LogP contribution < -0.4 is 5.32 Å². The molecule has 1 N–H and O–H groups in total. The molecule has 0 atom stereocenters. The van der Waals surface area contributed by atoms with Crippen molar-refractivity contribution in [2.75, 3.05) is 0 Å². The standard InChI is InChI=1S/C11H10F3NO/c12-11(13,14)10(16)6-7-15-8-9-4-2-1-3-5-9/h1-7,15H,8H2. The van der Waals surface area contributed by atoms with Gasteiger partial charge >= 0.3 is 6.18 Å². The lowest BCUT2D eigenvalue weighted by Gasteiger charge is -2.01. The maximum absolute atomic E-state index is 11.8. The number of carbonyl (C=O) groups excluding carboxylic acids is 1. The molecule has 1 aromatic rings. The van der Waals surface area contributed by atoms with E-state index in [9.17, 15) is 18.0 Å². The summed E-state index contributed by atoms with van der Waals surface area (Å²) in [5.74, 6) is -1.87. The number of hydrogen-bond donors (Lipinski definition) is 1. The van der Waals surface area contributed by atoms with Crippen LogP contribution in [-0.2, 0) is 11.3 Å². The molecular weight excluding hydrogens is 219 g/mol. The van der Waals surface area contributed by atoms with Crippen LogP contribution in [0.1, 0.15) is 5.56 Å². The number of carbonyl (C=O) groups is 1. The van der Waals surface area contributed by atoms with Gasteiger partial charge in [0.25, 0.3) is 5.78 Å². The van der Waals surface area contributed by atoms with E-state index >= 15 is 0 Å². The van der Waals surface area contributed by atoms with Crippen molar-refractivity contribution in [3.63, 3.8) is 0 Å². The number of nitrogens with one attached hydrogen (secondary N) is 1. The number of hydrogen-bond acceptors (Lipinski definition) is 2. The smallest absolute Gasteiger partial charge is 0.387 e. The van der Waals surface area contributed by atoms with Crippen LogP contribution in [-0.4, -0.2) is 12.0 Å². The van der Waals surface area contributed by atoms with Gasteiger partial charge in [-0.1, -0.05) is 30.3 Å². The van der Waals surface area contributed by atoms with Crippen molar-refractivity contribution in [3.8, 4) is 0 Å². The molecule has 2 nitrogen and oxygen atoms in total. The predicted molar refractivity (Wildman–Crippen MR) is 53.5 cm³/mol. The summed E-state index contributed by atoms with van der Waals surface area (Å²) in [5, 5.41) is 2.60. The Balaban J connectivity index is 2.37. The number of rotatable bonds is 4. The largest absolute Gasteiger partial charge is 0.454 e. The molecule has 0 amide bonds. The molecule has 0 unspecified atom stereocenters. The van der Waals surface area contributed by atoms with Gasteiger partial charge in [0.2, 0.25) is 0 Å². The van der Waals surface area contributed by atoms with Gasteiger partial charge in [-0.25, -0.2) is 0 Å². The Bertz CT molecular complexity index is 371. The zero-order chi connectivity index (χ0) is 12.0. The Kier molecular flexibility index (Phi) is 4.10. The number of allylic oxidation sites excluding steroid dienone is 1. The highest BCUT2D eigenvalue weighted by Gasteiger charge is 2.35. The van der Waals surface area contributed by atoms with E-state index in [4.69, 9.17) is 0 Å². The average molecular weight is 229 g/mol. The van der Waals surface area contributed by atoms with Crippen LogP contribution in [0.3, 0.4) is 0 Å². The fraction of sp³-hybridized carbons (Fsp3) is 0.182. The minimum absolute atomic E-state index is 0.377. The lowest BCUT2D eigenvalue weighted by Crippen LogP contribution is -2.20. The van der Waals surface area contributed by atoms with Crippen molar-refractivity contribution in [1.29, 1.82) is 0 Å². The molecule has 0 radical (unpaired) electrons. The van der Waals surface area contributed by atoms with Crippen LogP contribution >= 0.6 is 0 Å². The van der Waals surface area contributed by atoms with Crippen molar-refractivity contribution < 1.29 is 18.0 Å². The first-order valence-electron chi connectivity index (χ1n) is 4.55. The fourth-order valence-corrected chi connectivity index (χ4v) is 1.00. The van der Waals surface area contributed by atoms with Crippen molar-refractivity contribution in [1.82, 2.24) is 5.32 Å². The molecule has 0 spiro atoms. The first-order valence-corrected chi connectivity index (χ1v) is 4.55. The van der Waals surface area contributed by atoms with Crippen LogP contribution in [0.2, 0.25) is 0 Å². The normalized spacial score (nSPS) is 11.7. The van der Waals surface area contributed by atoms with E-state index in [-0.39, 0.29) is 0 Å². The second-order valence-electron chi connectivity index (χ2n) is 3.06. The first kappa shape index (κ1) is 12.3. The summed E-state index contributed by atoms with van der Waals surface area (Å²) in [7, 11) is 0. The molecular formula is C11H10F3NO. The molecule has 86 valence electrons. The van der Waals surface area contributed by atoms with Gasteiger partial charge in [-0.3, -0.25) is 4.79 Å². The molecule has 5 heteroatoms. The van der Waals surface area contributed by atoms with Crippen molar-refractivity contribution in [2.24, 2.45) is 0 Å². The lowest BCUT2D eigenvalue weighted by molar-refractivity contribution is -0.165. The summed E-state index contributed by atoms with van der Waals surface area (Å²) in [6.07, 6.45) is -3.32. The molecule has 0 heterocycles. The maximum atomic E-state index is 11.8. The monoisotopic (exact) mass is 229 g/mol. The van der Waals surface area contributed by atoms with Gasteiger partial charge in [0, 0.05) is 18.8 Å². The SMILES string of the molecule is O=C(C=CNCc1ccccc1)C(F)(F)F. The molecule has 0 aliphatic carbocycles. The Labute approximate surface area is 90.8 Å². The zero-order valence-corrected chi connectivity index (χ0v) is 8.29. The van der Waals surface area contributed by atoms with E-state index in [0.717, 1.165) is 11.8 Å². The third-order valence-corrected chi connectivity index (χ3v) is 1.78. The molecule has 0 aliphatic rings. The highest BCUT2D eigenvalue weighted by molar-refractivity contribution is 5.94. The highest BCUT2D eigenvalue weighted by Crippen LogP contribution is 2.15. The second kappa shape index (κ2) is 5.34. The van der Waals surface area contributed by atoms with E-state index in [1.807, 2.05) is 30.3 Å². The summed E-state index contributed by atoms with van der Waals surface area (Å²) >= 11 is 0. The van der Waals surface area contributed by atoms with E-state index in [1.54, 1.807) is 0 Å². The van der Waals surface area contributed by atoms with Crippen molar-refractivity contribution in [2.45, 2.75) is 12.7 Å². The minimum atomic E-state index is -4.80. The van der Waals surface area contributed by atoms with Crippen molar-refractivity contribution in [3.05, 3.63) is 48.2 Å². The third kappa shape index (κ3) is 4.16. The van der Waals surface area contributed by atoms with Gasteiger partial charge in [0.1, 0.15) is 0 Å². The van der Waals surface area contributed by atoms with Gasteiger partial charge in [0.05, 0.1) is 0 Å². The van der Waals surface area contributed by atoms with Gasteiger partial charge in [0.15, 0.2) is 0 Å². The molecule has 0 saturated heterocycles. The van der Waals surface area contributed by atoms with E-state index in [1.165, 1.54) is 0 Å². The van der Waals surface area contributed by atoms with Gasteiger partial charge in [-0.05, 0) is 5.56 Å². The summed E-state index contributed by atoms with van der Waals surface area (Å²) in [6, 6.07) is 9.13. The Morgan fingerprint density at radius 3 is 2.44 bits per heavy atom. The molecule has 0 aromatic heterocycles. The van der Waals surface area contributed by atoms with Crippen LogP contribution in [0.5, 0.6) is 0 Å². The topological polar surface area (TPSA) is 29.1 Å². The van der Waals surface area contributed by atoms with Crippen LogP contribution in [0.25, 0.3) is 0 Å². The van der Waals surface area contributed by atoms with Gasteiger partial charge < -0.3 is 5.32 Å². The summed E-state index contributed by atoms with van der Waals surface area (Å²) in [6.45, 7) is 0.377. The second-order valence-corrected chi connectivity index (χ2v) is 3.06. The first-order chi connectivity index (χ1) is 7.50. The molecule has 16 heavy (non-hydrogen) atoms. The van der Waals surface area contributed by atoms with Crippen LogP contribution in [0.4, 0.5) is 13.2 Å². The van der Waals surface area contributed by atoms with Crippen molar-refractivity contribution >= 4 is 5.78 Å². The van der Waals surface area contributed by atoms with E-state index in [0.29, 0.717) is 12.6 Å². The van der Waals surface area contributed by atoms with Crippen LogP contribution in [0, 0.1) is 0 Å². The Hall–Kier alpha value is -1.78. The maximum Gasteiger partial charge on any atom is 0.454 e. The fourth-order valence-electron chi connectivity index (χ4n) is 1.00. The third-order valence-electron chi connectivity index (χ3n) is 1.78. The van der Waals surface area contributed by atoms with E-state index < -0.39 is 12.0 Å². The molecule has 0 aliphatic heterocycles. The summed E-state index contributed by atoms with van der Waals surface area (Å²) < 4.78 is 35.3. The molecule has 1 aromatic carbocycles. The molecule has 0 bridgehead atoms. The lowest BCUT2D eigenvalue weighted by atomic mass is 10.2. The quantitative estimate of drug-likeness (QED) is 0.803. The zero-order valence-electron chi connectivity index (χ0n) is 8.29.